The van der Waals surface area contributed by atoms with Crippen LogP contribution in [0.3, 0.4) is 0 Å². The molecule has 0 aromatic heterocycles. The lowest BCUT2D eigenvalue weighted by Gasteiger charge is -2.29. The second-order valence-corrected chi connectivity index (χ2v) is 5.95. The molecule has 2 aromatic carbocycles. The number of benzene rings is 2. The van der Waals surface area contributed by atoms with Gasteiger partial charge >= 0.3 is 0 Å². The van der Waals surface area contributed by atoms with Gasteiger partial charge in [-0.2, -0.15) is 0 Å². The van der Waals surface area contributed by atoms with E-state index in [4.69, 9.17) is 0 Å². The fourth-order valence-electron chi connectivity index (χ4n) is 3.59. The maximum atomic E-state index is 2.45. The Hall–Kier alpha value is -2.28. The Labute approximate surface area is 126 Å². The highest BCUT2D eigenvalue weighted by Gasteiger charge is 2.33. The quantitative estimate of drug-likeness (QED) is 0.705. The number of hydrogen-bond donors (Lipinski definition) is 0. The van der Waals surface area contributed by atoms with Crippen LogP contribution in [0.15, 0.2) is 66.9 Å². The van der Waals surface area contributed by atoms with Gasteiger partial charge in [-0.15, -0.1) is 0 Å². The summed E-state index contributed by atoms with van der Waals surface area (Å²) in [5.41, 5.74) is 6.90. The molecule has 0 radical (unpaired) electrons. The lowest BCUT2D eigenvalue weighted by molar-refractivity contribution is 0.288. The Balaban J connectivity index is 1.81. The molecule has 0 saturated heterocycles. The molecule has 1 unspecified atom stereocenters. The zero-order chi connectivity index (χ0) is 14.4. The maximum Gasteiger partial charge on any atom is 0.0739 e. The normalized spacial score (nSPS) is 22.8. The first-order valence-electron chi connectivity index (χ1n) is 7.58. The SMILES string of the molecule is Cc1ccccc1C1=CC2c3ccccc3[C@@H](C)N2C=C1. The van der Waals surface area contributed by atoms with Crippen LogP contribution in [-0.4, -0.2) is 4.90 Å². The van der Waals surface area contributed by atoms with Gasteiger partial charge in [-0.25, -0.2) is 0 Å². The van der Waals surface area contributed by atoms with Gasteiger partial charge in [0.15, 0.2) is 0 Å². The summed E-state index contributed by atoms with van der Waals surface area (Å²) >= 11 is 0. The molecule has 0 spiro atoms. The number of fused-ring (bicyclic) bond motifs is 3. The number of rotatable bonds is 1. The minimum atomic E-state index is 0.371. The van der Waals surface area contributed by atoms with E-state index < -0.39 is 0 Å². The van der Waals surface area contributed by atoms with Crippen LogP contribution >= 0.6 is 0 Å². The molecule has 0 saturated carbocycles. The van der Waals surface area contributed by atoms with Crippen molar-refractivity contribution in [2.24, 2.45) is 0 Å². The third kappa shape index (κ3) is 1.84. The predicted octanol–water partition coefficient (Wildman–Crippen LogP) is 5.02. The van der Waals surface area contributed by atoms with Crippen molar-refractivity contribution in [1.29, 1.82) is 0 Å². The van der Waals surface area contributed by atoms with Crippen LogP contribution in [0.2, 0.25) is 0 Å². The van der Waals surface area contributed by atoms with Crippen LogP contribution in [0.1, 0.15) is 41.3 Å². The van der Waals surface area contributed by atoms with Crippen LogP contribution in [-0.2, 0) is 0 Å². The van der Waals surface area contributed by atoms with E-state index in [1.807, 2.05) is 0 Å². The third-order valence-corrected chi connectivity index (χ3v) is 4.75. The van der Waals surface area contributed by atoms with E-state index in [0.717, 1.165) is 0 Å². The van der Waals surface area contributed by atoms with Gasteiger partial charge in [-0.05, 0) is 53.8 Å². The van der Waals surface area contributed by atoms with Crippen molar-refractivity contribution in [3.63, 3.8) is 0 Å². The average molecular weight is 273 g/mol. The minimum Gasteiger partial charge on any atom is -0.360 e. The van der Waals surface area contributed by atoms with Gasteiger partial charge in [-0.1, -0.05) is 48.5 Å². The Kier molecular flexibility index (Phi) is 2.75. The van der Waals surface area contributed by atoms with Crippen molar-refractivity contribution in [2.75, 3.05) is 0 Å². The van der Waals surface area contributed by atoms with Gasteiger partial charge in [0, 0.05) is 6.20 Å². The third-order valence-electron chi connectivity index (χ3n) is 4.75. The van der Waals surface area contributed by atoms with E-state index in [2.05, 4.69) is 85.6 Å². The van der Waals surface area contributed by atoms with Crippen molar-refractivity contribution < 1.29 is 0 Å². The standard InChI is InChI=1S/C20H19N/c1-14-7-3-4-8-17(14)16-11-12-21-15(2)18-9-5-6-10-19(18)20(21)13-16/h3-13,15,20H,1-2H3/t15-,20?/m1/s1. The van der Waals surface area contributed by atoms with Crippen molar-refractivity contribution in [3.05, 3.63) is 89.1 Å². The van der Waals surface area contributed by atoms with Crippen molar-refractivity contribution in [3.8, 4) is 0 Å². The van der Waals surface area contributed by atoms with Crippen LogP contribution in [0.4, 0.5) is 0 Å². The van der Waals surface area contributed by atoms with Crippen LogP contribution in [0, 0.1) is 6.92 Å². The molecule has 2 aliphatic rings. The van der Waals surface area contributed by atoms with Gasteiger partial charge in [0.1, 0.15) is 0 Å². The highest BCUT2D eigenvalue weighted by Crippen LogP contribution is 2.45. The largest absolute Gasteiger partial charge is 0.360 e. The van der Waals surface area contributed by atoms with E-state index in [-0.39, 0.29) is 0 Å². The number of allylic oxidation sites excluding steroid dienone is 2. The maximum absolute atomic E-state index is 2.45. The number of hydrogen-bond acceptors (Lipinski definition) is 1. The molecule has 0 amide bonds. The summed E-state index contributed by atoms with van der Waals surface area (Å²) in [5, 5.41) is 0. The predicted molar refractivity (Wildman–Crippen MR) is 87.7 cm³/mol. The molecule has 21 heavy (non-hydrogen) atoms. The molecule has 2 atom stereocenters. The highest BCUT2D eigenvalue weighted by atomic mass is 15.2. The first-order chi connectivity index (χ1) is 10.3. The van der Waals surface area contributed by atoms with Crippen LogP contribution < -0.4 is 0 Å². The summed E-state index contributed by atoms with van der Waals surface area (Å²) < 4.78 is 0. The Bertz CT molecular complexity index is 754. The van der Waals surface area contributed by atoms with Gasteiger partial charge in [0.25, 0.3) is 0 Å². The van der Waals surface area contributed by atoms with Gasteiger partial charge < -0.3 is 4.90 Å². The monoisotopic (exact) mass is 273 g/mol. The summed E-state index contributed by atoms with van der Waals surface area (Å²) in [6, 6.07) is 18.3. The Morgan fingerprint density at radius 3 is 2.43 bits per heavy atom. The zero-order valence-electron chi connectivity index (χ0n) is 12.5. The molecule has 2 aromatic rings. The van der Waals surface area contributed by atoms with Gasteiger partial charge in [-0.3, -0.25) is 0 Å². The van der Waals surface area contributed by atoms with E-state index in [1.165, 1.54) is 27.8 Å². The molecule has 4 rings (SSSR count). The molecule has 0 N–H and O–H groups in total. The van der Waals surface area contributed by atoms with Gasteiger partial charge in [0.05, 0.1) is 12.1 Å². The molecule has 0 fully saturated rings. The second-order valence-electron chi connectivity index (χ2n) is 5.95. The molecule has 2 aliphatic heterocycles. The first-order valence-corrected chi connectivity index (χ1v) is 7.58. The first kappa shape index (κ1) is 12.5. The fourth-order valence-corrected chi connectivity index (χ4v) is 3.59. The molecule has 2 heterocycles. The smallest absolute Gasteiger partial charge is 0.0739 e. The van der Waals surface area contributed by atoms with Crippen molar-refractivity contribution >= 4 is 5.57 Å². The average Bonchev–Trinajstić information content (AvgIpc) is 2.81. The van der Waals surface area contributed by atoms with E-state index in [9.17, 15) is 0 Å². The molecule has 0 aliphatic carbocycles. The number of nitrogens with zero attached hydrogens (tertiary/aromatic N) is 1. The summed E-state index contributed by atoms with van der Waals surface area (Å²) in [4.78, 5) is 2.45. The van der Waals surface area contributed by atoms with E-state index in [1.54, 1.807) is 0 Å². The summed E-state index contributed by atoms with van der Waals surface area (Å²) in [6.07, 6.45) is 6.92. The van der Waals surface area contributed by atoms with Gasteiger partial charge in [0.2, 0.25) is 0 Å². The molecular weight excluding hydrogens is 254 g/mol. The molecular formula is C20H19N. The van der Waals surface area contributed by atoms with E-state index in [0.29, 0.717) is 12.1 Å². The zero-order valence-corrected chi connectivity index (χ0v) is 12.5. The van der Waals surface area contributed by atoms with Crippen molar-refractivity contribution in [2.45, 2.75) is 25.9 Å². The summed E-state index contributed by atoms with van der Waals surface area (Å²) in [6.45, 7) is 4.47. The fraction of sp³-hybridized carbons (Fsp3) is 0.200. The van der Waals surface area contributed by atoms with Crippen LogP contribution in [0.25, 0.3) is 5.57 Å². The van der Waals surface area contributed by atoms with Crippen LogP contribution in [0.5, 0.6) is 0 Å². The second kappa shape index (κ2) is 4.63. The molecule has 0 bridgehead atoms. The Morgan fingerprint density at radius 2 is 1.62 bits per heavy atom. The molecule has 1 heteroatoms. The summed E-state index contributed by atoms with van der Waals surface area (Å²) in [5.74, 6) is 0. The Morgan fingerprint density at radius 1 is 0.905 bits per heavy atom. The lowest BCUT2D eigenvalue weighted by Crippen LogP contribution is -2.19. The molecule has 1 nitrogen and oxygen atoms in total. The van der Waals surface area contributed by atoms with E-state index >= 15 is 0 Å². The molecule has 104 valence electrons. The summed E-state index contributed by atoms with van der Waals surface area (Å²) in [7, 11) is 0. The minimum absolute atomic E-state index is 0.371. The topological polar surface area (TPSA) is 3.24 Å². The highest BCUT2D eigenvalue weighted by molar-refractivity contribution is 5.77. The lowest BCUT2D eigenvalue weighted by atomic mass is 9.94. The van der Waals surface area contributed by atoms with Crippen molar-refractivity contribution in [1.82, 2.24) is 4.90 Å². The number of aryl methyl sites for hydroxylation is 1.